The van der Waals surface area contributed by atoms with Crippen LogP contribution in [0.2, 0.25) is 0 Å². The summed E-state index contributed by atoms with van der Waals surface area (Å²) >= 11 is 0. The summed E-state index contributed by atoms with van der Waals surface area (Å²) in [7, 11) is -2.85. The molecule has 0 saturated carbocycles. The maximum Gasteiger partial charge on any atom is 0.316 e. The highest BCUT2D eigenvalue weighted by atomic mass is 31.1. The van der Waals surface area contributed by atoms with E-state index in [0.29, 0.717) is 31.2 Å². The SMILES string of the molecule is CCc1cc(-c2noc(C3=NN(CC)C(c4ccccc4)C3)n2)ccc1CNCCCO[PH](=O)O. The fourth-order valence-electron chi connectivity index (χ4n) is 4.24. The normalized spacial score (nSPS) is 16.5. The van der Waals surface area contributed by atoms with Crippen LogP contribution in [0.25, 0.3) is 11.4 Å². The second-order valence-electron chi connectivity index (χ2n) is 8.34. The van der Waals surface area contributed by atoms with Gasteiger partial charge in [-0.15, -0.1) is 0 Å². The van der Waals surface area contributed by atoms with Crippen LogP contribution in [0, 0.1) is 0 Å². The number of rotatable bonds is 12. The third-order valence-electron chi connectivity index (χ3n) is 6.06. The molecule has 0 saturated heterocycles. The van der Waals surface area contributed by atoms with Gasteiger partial charge >= 0.3 is 8.25 Å². The molecule has 0 fully saturated rings. The predicted molar refractivity (Wildman–Crippen MR) is 135 cm³/mol. The lowest BCUT2D eigenvalue weighted by molar-refractivity contribution is 0.246. The summed E-state index contributed by atoms with van der Waals surface area (Å²) < 4.78 is 20.9. The van der Waals surface area contributed by atoms with Crippen molar-refractivity contribution in [1.82, 2.24) is 20.5 Å². The Hall–Kier alpha value is -2.84. The molecule has 9 nitrogen and oxygen atoms in total. The predicted octanol–water partition coefficient (Wildman–Crippen LogP) is 4.35. The van der Waals surface area contributed by atoms with Gasteiger partial charge in [-0.25, -0.2) is 0 Å². The van der Waals surface area contributed by atoms with Gasteiger partial charge in [0.25, 0.3) is 5.89 Å². The first-order valence-corrected chi connectivity index (χ1v) is 13.3. The summed E-state index contributed by atoms with van der Waals surface area (Å²) in [6.45, 7) is 6.70. The Bertz CT molecular complexity index is 1170. The van der Waals surface area contributed by atoms with E-state index in [9.17, 15) is 4.57 Å². The fourth-order valence-corrected chi connectivity index (χ4v) is 4.56. The van der Waals surface area contributed by atoms with Crippen molar-refractivity contribution in [2.45, 2.75) is 45.7 Å². The lowest BCUT2D eigenvalue weighted by Crippen LogP contribution is -2.18. The lowest BCUT2D eigenvalue weighted by Gasteiger charge is -2.21. The molecule has 2 aromatic carbocycles. The summed E-state index contributed by atoms with van der Waals surface area (Å²) in [6.07, 6.45) is 2.28. The van der Waals surface area contributed by atoms with Crippen molar-refractivity contribution in [3.8, 4) is 11.4 Å². The quantitative estimate of drug-likeness (QED) is 0.281. The molecule has 0 amide bonds. The first-order chi connectivity index (χ1) is 17.1. The minimum Gasteiger partial charge on any atom is -0.332 e. The van der Waals surface area contributed by atoms with E-state index >= 15 is 0 Å². The van der Waals surface area contributed by atoms with Crippen LogP contribution in [-0.4, -0.2) is 45.5 Å². The average Bonchev–Trinajstić information content (AvgIpc) is 3.54. The smallest absolute Gasteiger partial charge is 0.316 e. The van der Waals surface area contributed by atoms with E-state index in [-0.39, 0.29) is 12.6 Å². The van der Waals surface area contributed by atoms with Crippen LogP contribution in [0.4, 0.5) is 0 Å². The maximum atomic E-state index is 10.6. The van der Waals surface area contributed by atoms with Crippen LogP contribution in [0.15, 0.2) is 58.2 Å². The Morgan fingerprint density at radius 2 is 2.03 bits per heavy atom. The molecule has 4 rings (SSSR count). The first kappa shape index (κ1) is 25.3. The number of hydrazone groups is 1. The summed E-state index contributed by atoms with van der Waals surface area (Å²) in [4.78, 5) is 13.4. The molecule has 1 aliphatic rings. The molecule has 0 spiro atoms. The van der Waals surface area contributed by atoms with Gasteiger partial charge in [0.2, 0.25) is 5.82 Å². The van der Waals surface area contributed by atoms with E-state index in [1.54, 1.807) is 0 Å². The van der Waals surface area contributed by atoms with Crippen LogP contribution >= 0.6 is 8.25 Å². The van der Waals surface area contributed by atoms with E-state index in [1.807, 2.05) is 24.3 Å². The number of nitrogens with zero attached hydrogens (tertiary/aromatic N) is 4. The van der Waals surface area contributed by atoms with E-state index in [2.05, 4.69) is 58.6 Å². The maximum absolute atomic E-state index is 10.6. The molecule has 0 radical (unpaired) electrons. The second kappa shape index (κ2) is 12.2. The molecule has 2 atom stereocenters. The molecule has 1 aliphatic heterocycles. The average molecular weight is 498 g/mol. The van der Waals surface area contributed by atoms with Crippen molar-refractivity contribution >= 4 is 14.0 Å². The number of hydrogen-bond donors (Lipinski definition) is 2. The molecule has 35 heavy (non-hydrogen) atoms. The van der Waals surface area contributed by atoms with Crippen molar-refractivity contribution in [2.75, 3.05) is 19.7 Å². The zero-order valence-electron chi connectivity index (χ0n) is 20.1. The van der Waals surface area contributed by atoms with E-state index in [0.717, 1.165) is 30.7 Å². The van der Waals surface area contributed by atoms with Crippen LogP contribution < -0.4 is 5.32 Å². The Balaban J connectivity index is 1.41. The second-order valence-corrected chi connectivity index (χ2v) is 9.16. The van der Waals surface area contributed by atoms with Crippen LogP contribution in [-0.2, 0) is 22.1 Å². The van der Waals surface area contributed by atoms with Crippen molar-refractivity contribution < 1.29 is 18.5 Å². The number of benzene rings is 2. The zero-order valence-corrected chi connectivity index (χ0v) is 21.1. The molecule has 3 aromatic rings. The van der Waals surface area contributed by atoms with Gasteiger partial charge in [0.05, 0.1) is 12.6 Å². The van der Waals surface area contributed by atoms with Gasteiger partial charge in [-0.05, 0) is 49.1 Å². The summed E-state index contributed by atoms with van der Waals surface area (Å²) in [6, 6.07) is 16.7. The van der Waals surface area contributed by atoms with Gasteiger partial charge in [-0.3, -0.25) is 9.57 Å². The first-order valence-electron chi connectivity index (χ1n) is 12.0. The molecule has 186 valence electrons. The summed E-state index contributed by atoms with van der Waals surface area (Å²) in [5.74, 6) is 1.02. The van der Waals surface area contributed by atoms with Crippen molar-refractivity contribution in [3.05, 3.63) is 71.1 Å². The van der Waals surface area contributed by atoms with Crippen LogP contribution in [0.5, 0.6) is 0 Å². The number of aryl methyl sites for hydroxylation is 1. The Morgan fingerprint density at radius 1 is 1.20 bits per heavy atom. The fraction of sp³-hybridized carbons (Fsp3) is 0.400. The topological polar surface area (TPSA) is 113 Å². The highest BCUT2D eigenvalue weighted by Crippen LogP contribution is 2.32. The van der Waals surface area contributed by atoms with Crippen molar-refractivity contribution in [2.24, 2.45) is 5.10 Å². The Kier molecular flexibility index (Phi) is 8.82. The van der Waals surface area contributed by atoms with Gasteiger partial charge in [0.1, 0.15) is 5.71 Å². The van der Waals surface area contributed by atoms with Crippen molar-refractivity contribution in [1.29, 1.82) is 0 Å². The minimum atomic E-state index is -2.85. The molecule has 2 unspecified atom stereocenters. The molecule has 2 heterocycles. The minimum absolute atomic E-state index is 0.170. The largest absolute Gasteiger partial charge is 0.332 e. The van der Waals surface area contributed by atoms with Gasteiger partial charge in [-0.2, -0.15) is 10.1 Å². The summed E-state index contributed by atoms with van der Waals surface area (Å²) in [5, 5.41) is 14.4. The molecule has 2 N–H and O–H groups in total. The third-order valence-corrected chi connectivity index (χ3v) is 6.51. The number of nitrogens with one attached hydrogen (secondary N) is 1. The van der Waals surface area contributed by atoms with Crippen molar-refractivity contribution in [3.63, 3.8) is 0 Å². The lowest BCUT2D eigenvalue weighted by atomic mass is 10.0. The monoisotopic (exact) mass is 497 g/mol. The molecule has 1 aromatic heterocycles. The Morgan fingerprint density at radius 3 is 2.77 bits per heavy atom. The van der Waals surface area contributed by atoms with E-state index in [4.69, 9.17) is 19.0 Å². The number of aromatic nitrogens is 2. The van der Waals surface area contributed by atoms with Gasteiger partial charge in [-0.1, -0.05) is 54.5 Å². The molecular formula is C25H32N5O4P. The van der Waals surface area contributed by atoms with Gasteiger partial charge in [0, 0.05) is 25.1 Å². The molecular weight excluding hydrogens is 465 g/mol. The van der Waals surface area contributed by atoms with Gasteiger partial charge in [0.15, 0.2) is 0 Å². The number of hydrogen-bond acceptors (Lipinski definition) is 8. The van der Waals surface area contributed by atoms with Crippen LogP contribution in [0.1, 0.15) is 55.3 Å². The van der Waals surface area contributed by atoms with Gasteiger partial charge < -0.3 is 19.3 Å². The van der Waals surface area contributed by atoms with E-state index in [1.165, 1.54) is 16.7 Å². The van der Waals surface area contributed by atoms with E-state index < -0.39 is 8.25 Å². The molecule has 0 bridgehead atoms. The molecule has 0 aliphatic carbocycles. The highest BCUT2D eigenvalue weighted by Gasteiger charge is 2.30. The third kappa shape index (κ3) is 6.44. The molecule has 10 heteroatoms. The highest BCUT2D eigenvalue weighted by molar-refractivity contribution is 7.32. The van der Waals surface area contributed by atoms with Crippen LogP contribution in [0.3, 0.4) is 0 Å². The Labute approximate surface area is 206 Å². The zero-order chi connectivity index (χ0) is 24.6. The summed E-state index contributed by atoms with van der Waals surface area (Å²) in [5.41, 5.74) is 5.35. The standard InChI is InChI=1S/C25H32N5O4P/c1-3-18-15-20(11-12-21(18)17-26-13-8-14-33-35(31)32)24-27-25(34-29-24)22-16-23(30(4-2)28-22)19-9-6-5-7-10-19/h5-7,9-12,15,23,26,35H,3-4,8,13-14,16-17H2,1-2H3,(H,31,32).